The highest BCUT2D eigenvalue weighted by atomic mass is 32.2. The largest absolute Gasteiger partial charge is 0.268 e. The minimum atomic E-state index is -3.54. The lowest BCUT2D eigenvalue weighted by Crippen LogP contribution is -2.28. The fourth-order valence-corrected chi connectivity index (χ4v) is 3.28. The van der Waals surface area contributed by atoms with E-state index in [4.69, 9.17) is 0 Å². The molecule has 7 heteroatoms. The molecule has 0 amide bonds. The third kappa shape index (κ3) is 4.75. The monoisotopic (exact) mass is 349 g/mol. The van der Waals surface area contributed by atoms with Gasteiger partial charge in [0.25, 0.3) is 5.56 Å². The highest BCUT2D eigenvalue weighted by molar-refractivity contribution is 7.89. The Hall–Kier alpha value is -1.99. The van der Waals surface area contributed by atoms with E-state index in [-0.39, 0.29) is 22.4 Å². The minimum Gasteiger partial charge on any atom is -0.268 e. The van der Waals surface area contributed by atoms with E-state index in [1.54, 1.807) is 18.2 Å². The van der Waals surface area contributed by atoms with E-state index in [0.717, 1.165) is 5.56 Å². The lowest BCUT2D eigenvalue weighted by molar-refractivity contribution is 0.535. The van der Waals surface area contributed by atoms with Crippen molar-refractivity contribution >= 4 is 10.0 Å². The van der Waals surface area contributed by atoms with Crippen molar-refractivity contribution in [2.75, 3.05) is 6.54 Å². The Labute approximate surface area is 142 Å². The zero-order chi connectivity index (χ0) is 17.8. The van der Waals surface area contributed by atoms with Crippen molar-refractivity contribution in [1.29, 1.82) is 0 Å². The molecule has 0 atom stereocenters. The van der Waals surface area contributed by atoms with E-state index in [2.05, 4.69) is 30.6 Å². The zero-order valence-electron chi connectivity index (χ0n) is 14.2. The number of aromatic nitrogens is 2. The highest BCUT2D eigenvalue weighted by Gasteiger charge is 2.17. The second kappa shape index (κ2) is 7.27. The van der Waals surface area contributed by atoms with Crippen LogP contribution in [0.1, 0.15) is 32.8 Å². The summed E-state index contributed by atoms with van der Waals surface area (Å²) >= 11 is 0. The van der Waals surface area contributed by atoms with Crippen molar-refractivity contribution in [3.05, 3.63) is 58.5 Å². The van der Waals surface area contributed by atoms with Gasteiger partial charge in [0.2, 0.25) is 10.0 Å². The number of hydrogen-bond acceptors (Lipinski definition) is 4. The average Bonchev–Trinajstić information content (AvgIpc) is 2.52. The van der Waals surface area contributed by atoms with Gasteiger partial charge >= 0.3 is 0 Å². The molecule has 2 rings (SSSR count). The number of sulfonamides is 1. The molecule has 0 radical (unpaired) electrons. The van der Waals surface area contributed by atoms with Gasteiger partial charge in [-0.1, -0.05) is 32.9 Å². The predicted octanol–water partition coefficient (Wildman–Crippen LogP) is 1.91. The number of hydrogen-bond donors (Lipinski definition) is 1. The first kappa shape index (κ1) is 18.4. The van der Waals surface area contributed by atoms with Crippen molar-refractivity contribution in [2.45, 2.75) is 44.0 Å². The molecule has 0 spiro atoms. The molecule has 0 aliphatic heterocycles. The van der Waals surface area contributed by atoms with Crippen LogP contribution in [0.5, 0.6) is 0 Å². The maximum atomic E-state index is 12.3. The van der Waals surface area contributed by atoms with Crippen LogP contribution in [0, 0.1) is 0 Å². The van der Waals surface area contributed by atoms with Gasteiger partial charge in [-0.25, -0.2) is 17.8 Å². The summed E-state index contributed by atoms with van der Waals surface area (Å²) in [6.45, 7) is 6.84. The molecule has 0 unspecified atom stereocenters. The molecule has 130 valence electrons. The van der Waals surface area contributed by atoms with Crippen LogP contribution in [-0.4, -0.2) is 24.7 Å². The topological polar surface area (TPSA) is 81.1 Å². The molecular weight excluding hydrogens is 326 g/mol. The molecule has 0 saturated heterocycles. The molecule has 1 aromatic heterocycles. The number of aryl methyl sites for hydroxylation is 1. The second-order valence-electron chi connectivity index (χ2n) is 6.61. The van der Waals surface area contributed by atoms with Gasteiger partial charge in [-0.2, -0.15) is 5.10 Å². The molecular formula is C17H23N3O3S. The molecule has 0 bridgehead atoms. The molecule has 6 nitrogen and oxygen atoms in total. The number of benzene rings is 1. The number of nitrogens with one attached hydrogen (secondary N) is 1. The smallest absolute Gasteiger partial charge is 0.266 e. The quantitative estimate of drug-likeness (QED) is 0.808. The first-order valence-electron chi connectivity index (χ1n) is 7.82. The Morgan fingerprint density at radius 2 is 1.79 bits per heavy atom. The summed E-state index contributed by atoms with van der Waals surface area (Å²) < 4.78 is 28.4. The Morgan fingerprint density at radius 3 is 2.38 bits per heavy atom. The van der Waals surface area contributed by atoms with Gasteiger partial charge in [-0.05, 0) is 35.6 Å². The second-order valence-corrected chi connectivity index (χ2v) is 8.38. The predicted molar refractivity (Wildman–Crippen MR) is 93.4 cm³/mol. The first-order valence-corrected chi connectivity index (χ1v) is 9.31. The third-order valence-electron chi connectivity index (χ3n) is 3.65. The first-order chi connectivity index (χ1) is 11.2. The van der Waals surface area contributed by atoms with Crippen LogP contribution in [0.2, 0.25) is 0 Å². The Kier molecular flexibility index (Phi) is 5.56. The summed E-state index contributed by atoms with van der Waals surface area (Å²) in [5.74, 6) is 0. The minimum absolute atomic E-state index is 0.0222. The molecule has 1 aromatic carbocycles. The van der Waals surface area contributed by atoms with Crippen molar-refractivity contribution < 1.29 is 8.42 Å². The van der Waals surface area contributed by atoms with Crippen LogP contribution in [0.3, 0.4) is 0 Å². The highest BCUT2D eigenvalue weighted by Crippen LogP contribution is 2.23. The van der Waals surface area contributed by atoms with E-state index in [0.29, 0.717) is 13.0 Å². The zero-order valence-corrected chi connectivity index (χ0v) is 15.0. The van der Waals surface area contributed by atoms with Gasteiger partial charge in [0.05, 0.1) is 4.90 Å². The van der Waals surface area contributed by atoms with Gasteiger partial charge in [0.1, 0.15) is 0 Å². The molecule has 0 aliphatic carbocycles. The SMILES string of the molecule is CC(C)(C)c1ccc(S(=O)(=O)NCCCn2ncccc2=O)cc1. The van der Waals surface area contributed by atoms with Crippen LogP contribution >= 0.6 is 0 Å². The van der Waals surface area contributed by atoms with Gasteiger partial charge in [0.15, 0.2) is 0 Å². The van der Waals surface area contributed by atoms with Gasteiger partial charge in [-0.15, -0.1) is 0 Å². The maximum Gasteiger partial charge on any atom is 0.266 e. The number of nitrogens with zero attached hydrogens (tertiary/aromatic N) is 2. The lowest BCUT2D eigenvalue weighted by Gasteiger charge is -2.19. The standard InChI is InChI=1S/C17H23N3O3S/c1-17(2,3)14-7-9-15(10-8-14)24(22,23)19-12-5-13-20-16(21)6-4-11-18-20/h4,6-11,19H,5,12-13H2,1-3H3. The molecule has 0 saturated carbocycles. The lowest BCUT2D eigenvalue weighted by atomic mass is 9.87. The fraction of sp³-hybridized carbons (Fsp3) is 0.412. The third-order valence-corrected chi connectivity index (χ3v) is 5.13. The van der Waals surface area contributed by atoms with Gasteiger partial charge in [0, 0.05) is 25.4 Å². The van der Waals surface area contributed by atoms with E-state index >= 15 is 0 Å². The van der Waals surface area contributed by atoms with Crippen molar-refractivity contribution in [2.24, 2.45) is 0 Å². The summed E-state index contributed by atoms with van der Waals surface area (Å²) in [6, 6.07) is 9.90. The summed E-state index contributed by atoms with van der Waals surface area (Å²) in [6.07, 6.45) is 2.01. The van der Waals surface area contributed by atoms with Crippen molar-refractivity contribution in [1.82, 2.24) is 14.5 Å². The van der Waals surface area contributed by atoms with Crippen molar-refractivity contribution in [3.8, 4) is 0 Å². The molecule has 2 aromatic rings. The fourth-order valence-electron chi connectivity index (χ4n) is 2.21. The molecule has 1 heterocycles. The average molecular weight is 349 g/mol. The molecule has 24 heavy (non-hydrogen) atoms. The summed E-state index contributed by atoms with van der Waals surface area (Å²) in [5, 5.41) is 3.93. The number of rotatable bonds is 6. The van der Waals surface area contributed by atoms with Crippen LogP contribution in [0.4, 0.5) is 0 Å². The van der Waals surface area contributed by atoms with Crippen LogP contribution in [-0.2, 0) is 22.0 Å². The summed E-state index contributed by atoms with van der Waals surface area (Å²) in [5.41, 5.74) is 0.861. The Balaban J connectivity index is 1.94. The van der Waals surface area contributed by atoms with Crippen LogP contribution in [0.25, 0.3) is 0 Å². The van der Waals surface area contributed by atoms with E-state index in [1.807, 2.05) is 12.1 Å². The van der Waals surface area contributed by atoms with Crippen LogP contribution in [0.15, 0.2) is 52.3 Å². The van der Waals surface area contributed by atoms with E-state index < -0.39 is 10.0 Å². The Morgan fingerprint density at radius 1 is 1.12 bits per heavy atom. The van der Waals surface area contributed by atoms with Gasteiger partial charge in [-0.3, -0.25) is 4.79 Å². The summed E-state index contributed by atoms with van der Waals surface area (Å²) in [7, 11) is -3.54. The molecule has 0 aliphatic rings. The normalized spacial score (nSPS) is 12.3. The molecule has 0 fully saturated rings. The van der Waals surface area contributed by atoms with Gasteiger partial charge < -0.3 is 0 Å². The van der Waals surface area contributed by atoms with Crippen LogP contribution < -0.4 is 10.3 Å². The maximum absolute atomic E-state index is 12.3. The van der Waals surface area contributed by atoms with Crippen molar-refractivity contribution in [3.63, 3.8) is 0 Å². The summed E-state index contributed by atoms with van der Waals surface area (Å²) in [4.78, 5) is 11.7. The molecule has 1 N–H and O–H groups in total. The van der Waals surface area contributed by atoms with E-state index in [9.17, 15) is 13.2 Å². The Bertz CT molecular complexity index is 834. The van der Waals surface area contributed by atoms with E-state index in [1.165, 1.54) is 16.9 Å².